The molecule has 0 aliphatic rings. The molecule has 1 aromatic rings. The van der Waals surface area contributed by atoms with Crippen molar-refractivity contribution in [2.75, 3.05) is 11.9 Å². The molecular formula is C14H20F3N3O. The summed E-state index contributed by atoms with van der Waals surface area (Å²) in [5.74, 6) is -0.555. The number of oxime groups is 1. The van der Waals surface area contributed by atoms with Crippen LogP contribution in [0, 0.1) is 0 Å². The summed E-state index contributed by atoms with van der Waals surface area (Å²) in [5.41, 5.74) is 4.73. The van der Waals surface area contributed by atoms with Crippen LogP contribution in [0.5, 0.6) is 0 Å². The zero-order valence-electron chi connectivity index (χ0n) is 12.3. The van der Waals surface area contributed by atoms with Gasteiger partial charge in [-0.3, -0.25) is 0 Å². The molecule has 0 aromatic heterocycles. The molecule has 4 nitrogen and oxygen atoms in total. The van der Waals surface area contributed by atoms with Crippen molar-refractivity contribution in [3.05, 3.63) is 29.3 Å². The van der Waals surface area contributed by atoms with Crippen molar-refractivity contribution in [3.63, 3.8) is 0 Å². The number of hydrogen-bond donors (Lipinski definition) is 2. The average molecular weight is 303 g/mol. The fourth-order valence-corrected chi connectivity index (χ4v) is 2.13. The first-order valence-electron chi connectivity index (χ1n) is 6.64. The maximum absolute atomic E-state index is 13.0. The standard InChI is InChI=1S/C14H20F3N3O/c1-4-5-9(2)20(3)10-6-7-12(14(15,16)17)11(8-10)13(18)19-21/h6-9,21H,4-5H2,1-3H3,(H2,18,19). The predicted molar refractivity (Wildman–Crippen MR) is 76.7 cm³/mol. The van der Waals surface area contributed by atoms with E-state index >= 15 is 0 Å². The molecule has 7 heteroatoms. The van der Waals surface area contributed by atoms with Crippen LogP contribution in [0.3, 0.4) is 0 Å². The predicted octanol–water partition coefficient (Wildman–Crippen LogP) is 3.42. The zero-order valence-corrected chi connectivity index (χ0v) is 12.3. The van der Waals surface area contributed by atoms with Crippen molar-refractivity contribution in [3.8, 4) is 0 Å². The van der Waals surface area contributed by atoms with E-state index in [0.717, 1.165) is 18.9 Å². The molecule has 3 N–H and O–H groups in total. The monoisotopic (exact) mass is 303 g/mol. The van der Waals surface area contributed by atoms with Gasteiger partial charge in [0.15, 0.2) is 5.84 Å². The van der Waals surface area contributed by atoms with Crippen LogP contribution < -0.4 is 10.6 Å². The minimum absolute atomic E-state index is 0.173. The molecular weight excluding hydrogens is 283 g/mol. The Bertz CT molecular complexity index is 515. The normalized spacial score (nSPS) is 14.1. The summed E-state index contributed by atoms with van der Waals surface area (Å²) in [4.78, 5) is 1.87. The molecule has 1 aromatic carbocycles. The lowest BCUT2D eigenvalue weighted by Gasteiger charge is -2.28. The highest BCUT2D eigenvalue weighted by Gasteiger charge is 2.34. The first-order valence-corrected chi connectivity index (χ1v) is 6.64. The number of benzene rings is 1. The molecule has 0 fully saturated rings. The van der Waals surface area contributed by atoms with Gasteiger partial charge >= 0.3 is 6.18 Å². The van der Waals surface area contributed by atoms with Crippen LogP contribution in [-0.4, -0.2) is 24.1 Å². The molecule has 118 valence electrons. The lowest BCUT2D eigenvalue weighted by molar-refractivity contribution is -0.137. The highest BCUT2D eigenvalue weighted by atomic mass is 19.4. The highest BCUT2D eigenvalue weighted by molar-refractivity contribution is 5.99. The number of anilines is 1. The van der Waals surface area contributed by atoms with E-state index in [9.17, 15) is 13.2 Å². The molecule has 0 spiro atoms. The van der Waals surface area contributed by atoms with Gasteiger partial charge in [-0.05, 0) is 31.5 Å². The van der Waals surface area contributed by atoms with Gasteiger partial charge in [-0.1, -0.05) is 18.5 Å². The topological polar surface area (TPSA) is 61.8 Å². The third kappa shape index (κ3) is 4.03. The molecule has 1 unspecified atom stereocenters. The minimum atomic E-state index is -4.56. The number of halogens is 3. The number of amidine groups is 1. The van der Waals surface area contributed by atoms with Crippen LogP contribution in [0.15, 0.2) is 23.4 Å². The summed E-state index contributed by atoms with van der Waals surface area (Å²) in [5, 5.41) is 11.4. The first kappa shape index (κ1) is 17.1. The van der Waals surface area contributed by atoms with E-state index in [4.69, 9.17) is 10.9 Å². The Hall–Kier alpha value is -1.92. The van der Waals surface area contributed by atoms with E-state index < -0.39 is 17.6 Å². The second kappa shape index (κ2) is 6.69. The first-order chi connectivity index (χ1) is 9.72. The second-order valence-corrected chi connectivity index (χ2v) is 4.96. The molecule has 0 radical (unpaired) electrons. The van der Waals surface area contributed by atoms with Gasteiger partial charge in [-0.25, -0.2) is 0 Å². The van der Waals surface area contributed by atoms with Crippen LogP contribution in [0.2, 0.25) is 0 Å². The maximum Gasteiger partial charge on any atom is 0.417 e. The van der Waals surface area contributed by atoms with Crippen molar-refractivity contribution >= 4 is 11.5 Å². The quantitative estimate of drug-likeness (QED) is 0.379. The van der Waals surface area contributed by atoms with Gasteiger partial charge < -0.3 is 15.8 Å². The number of nitrogens with zero attached hydrogens (tertiary/aromatic N) is 2. The van der Waals surface area contributed by atoms with Crippen LogP contribution in [0.4, 0.5) is 18.9 Å². The lowest BCUT2D eigenvalue weighted by Crippen LogP contribution is -2.29. The Balaban J connectivity index is 3.28. The van der Waals surface area contributed by atoms with Gasteiger partial charge in [0.05, 0.1) is 5.56 Å². The Morgan fingerprint density at radius 3 is 2.52 bits per heavy atom. The van der Waals surface area contributed by atoms with Crippen LogP contribution >= 0.6 is 0 Å². The van der Waals surface area contributed by atoms with Crippen LogP contribution in [-0.2, 0) is 6.18 Å². The number of nitrogens with two attached hydrogens (primary N) is 1. The van der Waals surface area contributed by atoms with Crippen molar-refractivity contribution < 1.29 is 18.4 Å². The summed E-state index contributed by atoms with van der Waals surface area (Å²) in [7, 11) is 1.80. The SMILES string of the molecule is CCCC(C)N(C)c1ccc(C(F)(F)F)c(/C(N)=N/O)c1. The molecule has 0 aliphatic carbocycles. The van der Waals surface area contributed by atoms with Crippen molar-refractivity contribution in [2.45, 2.75) is 38.9 Å². The fourth-order valence-electron chi connectivity index (χ4n) is 2.13. The molecule has 0 saturated heterocycles. The molecule has 0 bridgehead atoms. The minimum Gasteiger partial charge on any atom is -0.409 e. The van der Waals surface area contributed by atoms with Crippen LogP contribution in [0.25, 0.3) is 0 Å². The molecule has 0 aliphatic heterocycles. The van der Waals surface area contributed by atoms with Gasteiger partial charge in [0.1, 0.15) is 0 Å². The van der Waals surface area contributed by atoms with E-state index in [1.54, 1.807) is 7.05 Å². The third-order valence-corrected chi connectivity index (χ3v) is 3.47. The van der Waals surface area contributed by atoms with Crippen LogP contribution in [0.1, 0.15) is 37.8 Å². The number of alkyl halides is 3. The Labute approximate surface area is 122 Å². The van der Waals surface area contributed by atoms with Gasteiger partial charge in [0.2, 0.25) is 0 Å². The summed E-state index contributed by atoms with van der Waals surface area (Å²) < 4.78 is 38.9. The molecule has 0 heterocycles. The van der Waals surface area contributed by atoms with E-state index in [0.29, 0.717) is 5.69 Å². The fraction of sp³-hybridized carbons (Fsp3) is 0.500. The lowest BCUT2D eigenvalue weighted by atomic mass is 10.0. The van der Waals surface area contributed by atoms with Gasteiger partial charge in [-0.2, -0.15) is 13.2 Å². The van der Waals surface area contributed by atoms with Gasteiger partial charge in [0, 0.05) is 24.3 Å². The number of rotatable bonds is 5. The zero-order chi connectivity index (χ0) is 16.2. The second-order valence-electron chi connectivity index (χ2n) is 4.96. The third-order valence-electron chi connectivity index (χ3n) is 3.47. The maximum atomic E-state index is 13.0. The number of hydrogen-bond acceptors (Lipinski definition) is 3. The van der Waals surface area contributed by atoms with E-state index in [2.05, 4.69) is 5.16 Å². The summed E-state index contributed by atoms with van der Waals surface area (Å²) in [6, 6.07) is 3.82. The largest absolute Gasteiger partial charge is 0.417 e. The summed E-state index contributed by atoms with van der Waals surface area (Å²) in [6.45, 7) is 4.03. The van der Waals surface area contributed by atoms with Crippen molar-refractivity contribution in [1.29, 1.82) is 0 Å². The average Bonchev–Trinajstić information content (AvgIpc) is 2.44. The van der Waals surface area contributed by atoms with Crippen molar-refractivity contribution in [1.82, 2.24) is 0 Å². The summed E-state index contributed by atoms with van der Waals surface area (Å²) >= 11 is 0. The Morgan fingerprint density at radius 2 is 2.05 bits per heavy atom. The van der Waals surface area contributed by atoms with E-state index in [-0.39, 0.29) is 11.6 Å². The molecule has 0 amide bonds. The van der Waals surface area contributed by atoms with Crippen molar-refractivity contribution in [2.24, 2.45) is 10.9 Å². The summed E-state index contributed by atoms with van der Waals surface area (Å²) in [6.07, 6.45) is -2.67. The molecule has 1 rings (SSSR count). The smallest absolute Gasteiger partial charge is 0.409 e. The Morgan fingerprint density at radius 1 is 1.43 bits per heavy atom. The molecule has 1 atom stereocenters. The van der Waals surface area contributed by atoms with Gasteiger partial charge in [0.25, 0.3) is 0 Å². The highest BCUT2D eigenvalue weighted by Crippen LogP contribution is 2.34. The molecule has 21 heavy (non-hydrogen) atoms. The van der Waals surface area contributed by atoms with Gasteiger partial charge in [-0.15, -0.1) is 0 Å². The van der Waals surface area contributed by atoms with E-state index in [1.165, 1.54) is 12.1 Å². The Kier molecular flexibility index (Phi) is 5.46. The van der Waals surface area contributed by atoms with E-state index in [1.807, 2.05) is 18.7 Å². The molecule has 0 saturated carbocycles.